The molecule has 2 amide bonds. The molecule has 0 saturated heterocycles. The van der Waals surface area contributed by atoms with E-state index in [1.54, 1.807) is 52.8 Å². The number of ketones is 2. The minimum atomic E-state index is -1.88. The summed E-state index contributed by atoms with van der Waals surface area (Å²) < 4.78 is 5.37. The van der Waals surface area contributed by atoms with Gasteiger partial charge < -0.3 is 31.9 Å². The summed E-state index contributed by atoms with van der Waals surface area (Å²) in [5.41, 5.74) is 10.5. The van der Waals surface area contributed by atoms with Crippen LogP contribution in [0.4, 0.5) is 4.79 Å². The molecule has 2 rings (SSSR count). The number of nitrogens with one attached hydrogen (secondary N) is 2. The molecule has 0 spiro atoms. The first kappa shape index (κ1) is 39.3. The molecule has 0 aliphatic heterocycles. The Bertz CT molecular complexity index is 1150. The molecule has 1 aliphatic carbocycles. The zero-order valence-electron chi connectivity index (χ0n) is 29.2. The van der Waals surface area contributed by atoms with E-state index in [2.05, 4.69) is 15.6 Å². The highest BCUT2D eigenvalue weighted by atomic mass is 16.6. The molecule has 46 heavy (non-hydrogen) atoms. The average Bonchev–Trinajstić information content (AvgIpc) is 3.00. The van der Waals surface area contributed by atoms with Crippen molar-refractivity contribution in [3.8, 4) is 0 Å². The maximum Gasteiger partial charge on any atom is 0.408 e. The Kier molecular flexibility index (Phi) is 14.8. The van der Waals surface area contributed by atoms with Gasteiger partial charge in [-0.15, -0.1) is 0 Å². The van der Waals surface area contributed by atoms with Crippen molar-refractivity contribution in [2.45, 2.75) is 143 Å². The van der Waals surface area contributed by atoms with Gasteiger partial charge in [0, 0.05) is 12.2 Å². The van der Waals surface area contributed by atoms with Gasteiger partial charge >= 0.3 is 6.09 Å². The number of pyridine rings is 1. The fraction of sp³-hybridized carbons (Fsp3) is 0.743. The number of aliphatic hydroxyl groups is 1. The third-order valence-electron chi connectivity index (χ3n) is 9.44. The summed E-state index contributed by atoms with van der Waals surface area (Å²) in [5, 5.41) is 16.9. The fourth-order valence-electron chi connectivity index (χ4n) is 6.29. The van der Waals surface area contributed by atoms with Gasteiger partial charge in [0.15, 0.2) is 11.6 Å². The van der Waals surface area contributed by atoms with E-state index in [1.165, 1.54) is 19.5 Å². The summed E-state index contributed by atoms with van der Waals surface area (Å²) in [6.07, 6.45) is 5.84. The number of rotatable bonds is 16. The maximum atomic E-state index is 14.6. The Morgan fingerprint density at radius 1 is 1.02 bits per heavy atom. The standard InChI is InChI=1S/C35H59N5O6/c1-9-22(4)28(37)30(42)29(26-17-13-14-18-38-26)40-32(44)35(21(2)3,31(43)23(5)39-33(45)46-34(6,7)8)20-27(41)25(36)19-24-15-11-10-12-16-24/h13-14,17-18,21-25,27-29,41H,9-12,15-16,19-20,36-37H2,1-8H3,(H,39,45)(H,40,44)/t22-,23-,25-,27-,28-,29?,35-/m0/s1. The molecule has 1 aromatic rings. The van der Waals surface area contributed by atoms with Gasteiger partial charge in [-0.3, -0.25) is 19.4 Å². The van der Waals surface area contributed by atoms with Crippen molar-refractivity contribution < 1.29 is 29.0 Å². The van der Waals surface area contributed by atoms with Gasteiger partial charge in [-0.05, 0) is 70.4 Å². The molecule has 0 bridgehead atoms. The number of hydrogen-bond donors (Lipinski definition) is 5. The lowest BCUT2D eigenvalue weighted by atomic mass is 9.66. The number of nitrogens with zero attached hydrogens (tertiary/aromatic N) is 1. The average molecular weight is 646 g/mol. The number of carbonyl (C=O) groups is 4. The van der Waals surface area contributed by atoms with Crippen LogP contribution in [-0.4, -0.2) is 63.5 Å². The van der Waals surface area contributed by atoms with Gasteiger partial charge in [0.25, 0.3) is 0 Å². The number of Topliss-reactive ketones (excluding diaryl/α,β-unsaturated/α-hetero) is 2. The van der Waals surface area contributed by atoms with Crippen LogP contribution < -0.4 is 22.1 Å². The van der Waals surface area contributed by atoms with E-state index in [0.717, 1.165) is 25.7 Å². The van der Waals surface area contributed by atoms with Crippen LogP contribution in [0.15, 0.2) is 24.4 Å². The smallest absolute Gasteiger partial charge is 0.408 e. The number of aliphatic hydroxyl groups excluding tert-OH is 1. The normalized spacial score (nSPS) is 19.6. The molecule has 0 radical (unpaired) electrons. The summed E-state index contributed by atoms with van der Waals surface area (Å²) in [5.74, 6) is -2.33. The molecular weight excluding hydrogens is 586 g/mol. The number of carbonyl (C=O) groups excluding carboxylic acids is 4. The van der Waals surface area contributed by atoms with Gasteiger partial charge in [-0.1, -0.05) is 72.3 Å². The van der Waals surface area contributed by atoms with Crippen molar-refractivity contribution in [2.24, 2.45) is 34.6 Å². The van der Waals surface area contributed by atoms with Crippen LogP contribution in [0.25, 0.3) is 0 Å². The SMILES string of the molecule is CC[C@H](C)[C@H](N)C(=O)C(NC(=O)[C@](C[C@H](O)[C@@H](N)CC1CCCCC1)(C(=O)[C@H](C)NC(=O)OC(C)(C)C)C(C)C)c1ccccn1. The first-order chi connectivity index (χ1) is 21.4. The highest BCUT2D eigenvalue weighted by molar-refractivity contribution is 6.10. The number of nitrogens with two attached hydrogens (primary N) is 2. The van der Waals surface area contributed by atoms with E-state index >= 15 is 0 Å². The van der Waals surface area contributed by atoms with Crippen molar-refractivity contribution in [3.63, 3.8) is 0 Å². The van der Waals surface area contributed by atoms with Crippen LogP contribution >= 0.6 is 0 Å². The Balaban J connectivity index is 2.55. The van der Waals surface area contributed by atoms with Gasteiger partial charge in [-0.25, -0.2) is 4.79 Å². The molecule has 260 valence electrons. The van der Waals surface area contributed by atoms with Gasteiger partial charge in [-0.2, -0.15) is 0 Å². The van der Waals surface area contributed by atoms with Crippen LogP contribution in [0.3, 0.4) is 0 Å². The maximum absolute atomic E-state index is 14.6. The van der Waals surface area contributed by atoms with Gasteiger partial charge in [0.1, 0.15) is 17.1 Å². The molecular formula is C35H59N5O6. The molecule has 1 aliphatic rings. The Morgan fingerprint density at radius 2 is 1.65 bits per heavy atom. The largest absolute Gasteiger partial charge is 0.444 e. The lowest BCUT2D eigenvalue weighted by molar-refractivity contribution is -0.151. The van der Waals surface area contributed by atoms with Gasteiger partial charge in [0.2, 0.25) is 5.91 Å². The third-order valence-corrected chi connectivity index (χ3v) is 9.44. The van der Waals surface area contributed by atoms with Crippen molar-refractivity contribution in [2.75, 3.05) is 0 Å². The summed E-state index contributed by atoms with van der Waals surface area (Å²) in [7, 11) is 0. The predicted molar refractivity (Wildman–Crippen MR) is 178 cm³/mol. The Hall–Kier alpha value is -2.89. The van der Waals surface area contributed by atoms with Crippen LogP contribution in [-0.2, 0) is 19.1 Å². The summed E-state index contributed by atoms with van der Waals surface area (Å²) >= 11 is 0. The van der Waals surface area contributed by atoms with Gasteiger partial charge in [0.05, 0.1) is 23.9 Å². The minimum Gasteiger partial charge on any atom is -0.444 e. The lowest BCUT2D eigenvalue weighted by Crippen LogP contribution is -2.60. The number of amides is 2. The molecule has 0 aromatic carbocycles. The summed E-state index contributed by atoms with van der Waals surface area (Å²) in [6.45, 7) is 13.8. The van der Waals surface area contributed by atoms with E-state index < -0.39 is 70.8 Å². The molecule has 7 atom stereocenters. The van der Waals surface area contributed by atoms with Crippen LogP contribution in [0.1, 0.15) is 118 Å². The van der Waals surface area contributed by atoms with E-state index in [0.29, 0.717) is 18.8 Å². The van der Waals surface area contributed by atoms with Crippen LogP contribution in [0.5, 0.6) is 0 Å². The first-order valence-electron chi connectivity index (χ1n) is 16.9. The predicted octanol–water partition coefficient (Wildman–Crippen LogP) is 4.35. The molecule has 7 N–H and O–H groups in total. The third kappa shape index (κ3) is 10.6. The van der Waals surface area contributed by atoms with Crippen molar-refractivity contribution in [1.82, 2.24) is 15.6 Å². The number of ether oxygens (including phenoxy) is 1. The Morgan fingerprint density at radius 3 is 2.17 bits per heavy atom. The Labute approximate surface area is 275 Å². The number of hydrogen-bond acceptors (Lipinski definition) is 9. The highest BCUT2D eigenvalue weighted by Gasteiger charge is 2.53. The van der Waals surface area contributed by atoms with Crippen molar-refractivity contribution >= 4 is 23.6 Å². The van der Waals surface area contributed by atoms with Crippen molar-refractivity contribution in [1.29, 1.82) is 0 Å². The number of aromatic nitrogens is 1. The molecule has 1 aromatic heterocycles. The topological polar surface area (TPSA) is 187 Å². The highest BCUT2D eigenvalue weighted by Crippen LogP contribution is 2.38. The monoisotopic (exact) mass is 645 g/mol. The summed E-state index contributed by atoms with van der Waals surface area (Å²) in [4.78, 5) is 59.9. The second-order valence-corrected chi connectivity index (χ2v) is 14.5. The molecule has 11 nitrogen and oxygen atoms in total. The van der Waals surface area contributed by atoms with E-state index in [4.69, 9.17) is 16.2 Å². The lowest BCUT2D eigenvalue weighted by Gasteiger charge is -2.40. The molecule has 1 saturated carbocycles. The van der Waals surface area contributed by atoms with E-state index in [-0.39, 0.29) is 18.0 Å². The van der Waals surface area contributed by atoms with Crippen molar-refractivity contribution in [3.05, 3.63) is 30.1 Å². The molecule has 1 unspecified atom stereocenters. The zero-order chi connectivity index (χ0) is 34.8. The zero-order valence-corrected chi connectivity index (χ0v) is 29.2. The second kappa shape index (κ2) is 17.3. The van der Waals surface area contributed by atoms with Crippen LogP contribution in [0.2, 0.25) is 0 Å². The molecule has 1 heterocycles. The molecule has 11 heteroatoms. The molecule has 1 fully saturated rings. The minimum absolute atomic E-state index is 0.176. The van der Waals surface area contributed by atoms with Crippen LogP contribution in [0, 0.1) is 23.2 Å². The number of alkyl carbamates (subject to hydrolysis) is 1. The second-order valence-electron chi connectivity index (χ2n) is 14.5. The first-order valence-corrected chi connectivity index (χ1v) is 16.9. The van der Waals surface area contributed by atoms with E-state index in [9.17, 15) is 24.3 Å². The van der Waals surface area contributed by atoms with E-state index in [1.807, 2.05) is 13.8 Å². The summed E-state index contributed by atoms with van der Waals surface area (Å²) in [6, 6.07) is 1.02. The fourth-order valence-corrected chi connectivity index (χ4v) is 6.29. The quantitative estimate of drug-likeness (QED) is 0.163.